The van der Waals surface area contributed by atoms with Gasteiger partial charge in [-0.05, 0) is 74.6 Å². The van der Waals surface area contributed by atoms with E-state index < -0.39 is 11.4 Å². The zero-order valence-electron chi connectivity index (χ0n) is 20.2. The molecule has 0 unspecified atom stereocenters. The van der Waals surface area contributed by atoms with Gasteiger partial charge in [0.15, 0.2) is 11.6 Å². The minimum atomic E-state index is -0.728. The van der Waals surface area contributed by atoms with E-state index in [0.717, 1.165) is 34.1 Å². The molecule has 1 amide bonds. The van der Waals surface area contributed by atoms with Crippen LogP contribution in [-0.2, 0) is 5.54 Å². The normalized spacial score (nSPS) is 17.8. The number of hydrogen-bond donors (Lipinski definition) is 1. The molecule has 1 aromatic heterocycles. The molecule has 0 radical (unpaired) electrons. The van der Waals surface area contributed by atoms with E-state index in [1.165, 1.54) is 7.11 Å². The highest BCUT2D eigenvalue weighted by atomic mass is 35.5. The Bertz CT molecular complexity index is 1460. The first-order chi connectivity index (χ1) is 16.7. The van der Waals surface area contributed by atoms with Gasteiger partial charge in [-0.3, -0.25) is 4.79 Å². The number of aryl methyl sites for hydroxylation is 2. The standard InChI is InChI=1S/C28H27ClFN3O2/c1-16-7-5-8-18(15-16)19-9-12-22(35-4)24(30)23(19)26(34)33-14-6-13-28(33,3)27-31-21-11-10-20(29)17(2)25(21)32-27/h5,7-12,15H,6,13-14H2,1-4H3,(H,31,32)/t28-/m0/s1. The first-order valence-corrected chi connectivity index (χ1v) is 12.0. The summed E-state index contributed by atoms with van der Waals surface area (Å²) in [6.45, 7) is 6.38. The second kappa shape index (κ2) is 8.68. The van der Waals surface area contributed by atoms with Crippen LogP contribution in [0.1, 0.15) is 47.1 Å². The van der Waals surface area contributed by atoms with Crippen molar-refractivity contribution >= 4 is 28.5 Å². The van der Waals surface area contributed by atoms with Crippen molar-refractivity contribution in [2.75, 3.05) is 13.7 Å². The monoisotopic (exact) mass is 491 g/mol. The Labute approximate surface area is 208 Å². The van der Waals surface area contributed by atoms with Crippen LogP contribution in [0.2, 0.25) is 5.02 Å². The smallest absolute Gasteiger partial charge is 0.258 e. The summed E-state index contributed by atoms with van der Waals surface area (Å²) in [4.78, 5) is 24.1. The molecule has 0 saturated carbocycles. The van der Waals surface area contributed by atoms with Gasteiger partial charge in [-0.25, -0.2) is 9.37 Å². The number of amides is 1. The van der Waals surface area contributed by atoms with Gasteiger partial charge in [-0.1, -0.05) is 41.4 Å². The van der Waals surface area contributed by atoms with Crippen molar-refractivity contribution in [1.82, 2.24) is 14.9 Å². The zero-order chi connectivity index (χ0) is 24.9. The van der Waals surface area contributed by atoms with E-state index in [9.17, 15) is 4.79 Å². The van der Waals surface area contributed by atoms with Gasteiger partial charge in [0.1, 0.15) is 5.82 Å². The van der Waals surface area contributed by atoms with E-state index in [0.29, 0.717) is 29.4 Å². The van der Waals surface area contributed by atoms with Crippen LogP contribution in [0.5, 0.6) is 5.75 Å². The summed E-state index contributed by atoms with van der Waals surface area (Å²) < 4.78 is 21.0. The van der Waals surface area contributed by atoms with Crippen LogP contribution < -0.4 is 4.74 Å². The van der Waals surface area contributed by atoms with Gasteiger partial charge in [0.05, 0.1) is 29.2 Å². The number of nitrogens with one attached hydrogen (secondary N) is 1. The Balaban J connectivity index is 1.64. The molecule has 1 aliphatic heterocycles. The molecule has 180 valence electrons. The lowest BCUT2D eigenvalue weighted by Crippen LogP contribution is -2.44. The van der Waals surface area contributed by atoms with Crippen molar-refractivity contribution in [3.05, 3.63) is 81.9 Å². The molecule has 7 heteroatoms. The first kappa shape index (κ1) is 23.4. The third-order valence-electron chi connectivity index (χ3n) is 7.11. The number of likely N-dealkylation sites (tertiary alicyclic amines) is 1. The van der Waals surface area contributed by atoms with Crippen molar-refractivity contribution in [1.29, 1.82) is 0 Å². The first-order valence-electron chi connectivity index (χ1n) is 11.7. The molecule has 0 bridgehead atoms. The number of halogens is 2. The SMILES string of the molecule is COc1ccc(-c2cccc(C)c2)c(C(=O)N2CCC[C@@]2(C)c2nc3c(C)c(Cl)ccc3[nH]2)c1F. The lowest BCUT2D eigenvalue weighted by atomic mass is 9.93. The number of fused-ring (bicyclic) bond motifs is 1. The molecule has 1 fully saturated rings. The van der Waals surface area contributed by atoms with E-state index in [1.807, 2.05) is 57.2 Å². The predicted molar refractivity (Wildman–Crippen MR) is 137 cm³/mol. The fourth-order valence-corrected chi connectivity index (χ4v) is 5.24. The molecule has 1 atom stereocenters. The number of methoxy groups -OCH3 is 1. The fourth-order valence-electron chi connectivity index (χ4n) is 5.09. The highest BCUT2D eigenvalue weighted by Gasteiger charge is 2.45. The second-order valence-electron chi connectivity index (χ2n) is 9.36. The average Bonchev–Trinajstić information content (AvgIpc) is 3.46. The lowest BCUT2D eigenvalue weighted by Gasteiger charge is -2.34. The minimum absolute atomic E-state index is 0.0124. The van der Waals surface area contributed by atoms with Crippen LogP contribution >= 0.6 is 11.6 Å². The number of H-pyrrole nitrogens is 1. The number of benzene rings is 3. The Morgan fingerprint density at radius 3 is 2.74 bits per heavy atom. The van der Waals surface area contributed by atoms with Gasteiger partial charge in [0, 0.05) is 11.6 Å². The van der Waals surface area contributed by atoms with Gasteiger partial charge in [0.25, 0.3) is 5.91 Å². The summed E-state index contributed by atoms with van der Waals surface area (Å²) in [5, 5.41) is 0.640. The maximum atomic E-state index is 15.7. The van der Waals surface area contributed by atoms with Crippen molar-refractivity contribution < 1.29 is 13.9 Å². The van der Waals surface area contributed by atoms with Crippen LogP contribution in [0.25, 0.3) is 22.2 Å². The summed E-state index contributed by atoms with van der Waals surface area (Å²) in [6.07, 6.45) is 1.49. The topological polar surface area (TPSA) is 58.2 Å². The highest BCUT2D eigenvalue weighted by molar-refractivity contribution is 6.32. The van der Waals surface area contributed by atoms with Crippen molar-refractivity contribution in [2.24, 2.45) is 0 Å². The average molecular weight is 492 g/mol. The third kappa shape index (κ3) is 3.76. The number of carbonyl (C=O) groups is 1. The molecule has 3 aromatic carbocycles. The predicted octanol–water partition coefficient (Wildman–Crippen LogP) is 6.80. The third-order valence-corrected chi connectivity index (χ3v) is 7.52. The molecule has 1 aliphatic rings. The zero-order valence-corrected chi connectivity index (χ0v) is 21.0. The number of carbonyl (C=O) groups excluding carboxylic acids is 1. The summed E-state index contributed by atoms with van der Waals surface area (Å²) in [5.74, 6) is -0.324. The molecule has 2 heterocycles. The van der Waals surface area contributed by atoms with Crippen molar-refractivity contribution in [3.8, 4) is 16.9 Å². The highest BCUT2D eigenvalue weighted by Crippen LogP contribution is 2.42. The fraction of sp³-hybridized carbons (Fsp3) is 0.286. The van der Waals surface area contributed by atoms with Gasteiger partial charge >= 0.3 is 0 Å². The Hall–Kier alpha value is -3.38. The molecule has 35 heavy (non-hydrogen) atoms. The van der Waals surface area contributed by atoms with Gasteiger partial charge < -0.3 is 14.6 Å². The largest absolute Gasteiger partial charge is 0.494 e. The molecular formula is C28H27ClFN3O2. The molecule has 0 spiro atoms. The molecule has 4 aromatic rings. The maximum Gasteiger partial charge on any atom is 0.258 e. The van der Waals surface area contributed by atoms with E-state index in [2.05, 4.69) is 4.98 Å². The quantitative estimate of drug-likeness (QED) is 0.341. The molecular weight excluding hydrogens is 465 g/mol. The number of aromatic amines is 1. The lowest BCUT2D eigenvalue weighted by molar-refractivity contribution is 0.0601. The van der Waals surface area contributed by atoms with Crippen LogP contribution in [0, 0.1) is 19.7 Å². The molecule has 5 nitrogen and oxygen atoms in total. The summed E-state index contributed by atoms with van der Waals surface area (Å²) in [5.41, 5.74) is 4.15. The van der Waals surface area contributed by atoms with Crippen LogP contribution in [0.15, 0.2) is 48.5 Å². The van der Waals surface area contributed by atoms with Crippen LogP contribution in [0.4, 0.5) is 4.39 Å². The van der Waals surface area contributed by atoms with E-state index >= 15 is 4.39 Å². The number of aromatic nitrogens is 2. The Morgan fingerprint density at radius 2 is 2.00 bits per heavy atom. The molecule has 5 rings (SSSR count). The molecule has 1 saturated heterocycles. The molecule has 0 aliphatic carbocycles. The van der Waals surface area contributed by atoms with Crippen molar-refractivity contribution in [3.63, 3.8) is 0 Å². The maximum absolute atomic E-state index is 15.7. The minimum Gasteiger partial charge on any atom is -0.494 e. The van der Waals surface area contributed by atoms with Gasteiger partial charge in [-0.15, -0.1) is 0 Å². The van der Waals surface area contributed by atoms with E-state index in [1.54, 1.807) is 17.0 Å². The second-order valence-corrected chi connectivity index (χ2v) is 9.77. The number of hydrogen-bond acceptors (Lipinski definition) is 3. The summed E-state index contributed by atoms with van der Waals surface area (Å²) >= 11 is 6.31. The van der Waals surface area contributed by atoms with E-state index in [-0.39, 0.29) is 17.2 Å². The van der Waals surface area contributed by atoms with Gasteiger partial charge in [-0.2, -0.15) is 0 Å². The van der Waals surface area contributed by atoms with Gasteiger partial charge in [0.2, 0.25) is 0 Å². The number of rotatable bonds is 4. The van der Waals surface area contributed by atoms with Crippen molar-refractivity contribution in [2.45, 2.75) is 39.2 Å². The number of imidazole rings is 1. The molecule has 1 N–H and O–H groups in total. The Morgan fingerprint density at radius 1 is 1.20 bits per heavy atom. The number of nitrogens with zero attached hydrogens (tertiary/aromatic N) is 2. The summed E-state index contributed by atoms with van der Waals surface area (Å²) in [6, 6.07) is 14.8. The number of ether oxygens (including phenoxy) is 1. The van der Waals surface area contributed by atoms with Crippen LogP contribution in [0.3, 0.4) is 0 Å². The van der Waals surface area contributed by atoms with Crippen LogP contribution in [-0.4, -0.2) is 34.4 Å². The summed E-state index contributed by atoms with van der Waals surface area (Å²) in [7, 11) is 1.40. The Kier molecular flexibility index (Phi) is 5.80. The van der Waals surface area contributed by atoms with E-state index in [4.69, 9.17) is 21.3 Å².